The molecule has 1 aromatic carbocycles. The predicted molar refractivity (Wildman–Crippen MR) is 77.5 cm³/mol. The van der Waals surface area contributed by atoms with Crippen molar-refractivity contribution in [1.82, 2.24) is 10.2 Å². The first kappa shape index (κ1) is 15.8. The van der Waals surface area contributed by atoms with Crippen molar-refractivity contribution in [3.63, 3.8) is 0 Å². The Bertz CT molecular complexity index is 478. The molecule has 2 fully saturated rings. The van der Waals surface area contributed by atoms with E-state index < -0.39 is 11.7 Å². The van der Waals surface area contributed by atoms with Crippen LogP contribution in [0.3, 0.4) is 0 Å². The summed E-state index contributed by atoms with van der Waals surface area (Å²) in [6, 6.07) is 6.39. The molecule has 0 aliphatic carbocycles. The fourth-order valence-electron chi connectivity index (χ4n) is 3.39. The van der Waals surface area contributed by atoms with Crippen LogP contribution in [0.5, 0.6) is 0 Å². The molecule has 22 heavy (non-hydrogen) atoms. The molecule has 1 aromatic rings. The van der Waals surface area contributed by atoms with Crippen LogP contribution < -0.4 is 5.32 Å². The van der Waals surface area contributed by atoms with Gasteiger partial charge < -0.3 is 10.1 Å². The first-order valence-corrected chi connectivity index (χ1v) is 7.75. The molecule has 0 radical (unpaired) electrons. The van der Waals surface area contributed by atoms with Crippen molar-refractivity contribution in [3.05, 3.63) is 35.4 Å². The zero-order chi connectivity index (χ0) is 15.6. The van der Waals surface area contributed by atoms with Crippen LogP contribution in [0, 0.1) is 0 Å². The number of benzene rings is 1. The highest BCUT2D eigenvalue weighted by atomic mass is 19.4. The van der Waals surface area contributed by atoms with Crippen LogP contribution in [-0.2, 0) is 17.5 Å². The van der Waals surface area contributed by atoms with Gasteiger partial charge in [-0.2, -0.15) is 13.2 Å². The van der Waals surface area contributed by atoms with E-state index in [0.29, 0.717) is 25.3 Å². The Kier molecular flexibility index (Phi) is 4.70. The topological polar surface area (TPSA) is 24.5 Å². The zero-order valence-corrected chi connectivity index (χ0v) is 12.4. The lowest BCUT2D eigenvalue weighted by atomic mass is 10.0. The second-order valence-electron chi connectivity index (χ2n) is 5.99. The molecule has 2 heterocycles. The average molecular weight is 314 g/mol. The fraction of sp³-hybridized carbons (Fsp3) is 0.625. The second-order valence-corrected chi connectivity index (χ2v) is 5.99. The highest BCUT2D eigenvalue weighted by Crippen LogP contribution is 2.33. The van der Waals surface area contributed by atoms with Gasteiger partial charge in [0.2, 0.25) is 0 Å². The van der Waals surface area contributed by atoms with Crippen molar-refractivity contribution in [2.75, 3.05) is 26.3 Å². The Labute approximate surface area is 128 Å². The van der Waals surface area contributed by atoms with E-state index in [1.807, 2.05) is 0 Å². The highest BCUT2D eigenvalue weighted by Gasteiger charge is 2.36. The van der Waals surface area contributed by atoms with Gasteiger partial charge in [-0.3, -0.25) is 4.90 Å². The van der Waals surface area contributed by atoms with E-state index in [-0.39, 0.29) is 12.1 Å². The Morgan fingerprint density at radius 3 is 2.64 bits per heavy atom. The van der Waals surface area contributed by atoms with Gasteiger partial charge in [0.1, 0.15) is 0 Å². The summed E-state index contributed by atoms with van der Waals surface area (Å²) in [5.74, 6) is 0. The number of alkyl halides is 3. The molecular weight excluding hydrogens is 293 g/mol. The molecule has 6 heteroatoms. The monoisotopic (exact) mass is 314 g/mol. The van der Waals surface area contributed by atoms with E-state index in [1.54, 1.807) is 12.1 Å². The molecule has 2 aliphatic rings. The van der Waals surface area contributed by atoms with Crippen molar-refractivity contribution < 1.29 is 17.9 Å². The molecule has 0 unspecified atom stereocenters. The maximum Gasteiger partial charge on any atom is 0.416 e. The van der Waals surface area contributed by atoms with Crippen LogP contribution in [0.25, 0.3) is 0 Å². The molecule has 2 aliphatic heterocycles. The normalized spacial score (nSPS) is 26.0. The van der Waals surface area contributed by atoms with Crippen molar-refractivity contribution in [3.8, 4) is 0 Å². The van der Waals surface area contributed by atoms with Crippen molar-refractivity contribution >= 4 is 0 Å². The van der Waals surface area contributed by atoms with E-state index in [0.717, 1.165) is 25.9 Å². The standard InChI is InChI=1S/C16H21F3N2O/c17-16(18,19)15-4-2-1-3-12(15)10-21(13-5-7-20-9-13)14-6-8-22-11-14/h1-4,13-14,20H,5-11H2/t13-,14-/m1/s1. The fourth-order valence-corrected chi connectivity index (χ4v) is 3.39. The van der Waals surface area contributed by atoms with Crippen LogP contribution in [-0.4, -0.2) is 43.3 Å². The van der Waals surface area contributed by atoms with Crippen LogP contribution in [0.15, 0.2) is 24.3 Å². The number of rotatable bonds is 4. The number of nitrogens with zero attached hydrogens (tertiary/aromatic N) is 1. The number of hydrogen-bond acceptors (Lipinski definition) is 3. The zero-order valence-electron chi connectivity index (χ0n) is 12.4. The molecule has 3 nitrogen and oxygen atoms in total. The van der Waals surface area contributed by atoms with Crippen molar-refractivity contribution in [1.29, 1.82) is 0 Å². The quantitative estimate of drug-likeness (QED) is 0.925. The minimum atomic E-state index is -4.30. The summed E-state index contributed by atoms with van der Waals surface area (Å²) in [6.45, 7) is 3.41. The summed E-state index contributed by atoms with van der Waals surface area (Å²) >= 11 is 0. The Hall–Kier alpha value is -1.11. The third kappa shape index (κ3) is 3.45. The van der Waals surface area contributed by atoms with Crippen LogP contribution >= 0.6 is 0 Å². The minimum absolute atomic E-state index is 0.214. The first-order valence-electron chi connectivity index (χ1n) is 7.75. The van der Waals surface area contributed by atoms with Gasteiger partial charge in [-0.1, -0.05) is 18.2 Å². The molecule has 0 amide bonds. The summed E-state index contributed by atoms with van der Waals surface area (Å²) in [4.78, 5) is 2.21. The van der Waals surface area contributed by atoms with E-state index >= 15 is 0 Å². The van der Waals surface area contributed by atoms with E-state index in [1.165, 1.54) is 12.1 Å². The lowest BCUT2D eigenvalue weighted by molar-refractivity contribution is -0.138. The minimum Gasteiger partial charge on any atom is -0.380 e. The van der Waals surface area contributed by atoms with Crippen LogP contribution in [0.2, 0.25) is 0 Å². The Morgan fingerprint density at radius 2 is 2.00 bits per heavy atom. The van der Waals surface area contributed by atoms with E-state index in [9.17, 15) is 13.2 Å². The van der Waals surface area contributed by atoms with Gasteiger partial charge in [0, 0.05) is 31.8 Å². The molecule has 3 rings (SSSR count). The van der Waals surface area contributed by atoms with Gasteiger partial charge in [0.25, 0.3) is 0 Å². The van der Waals surface area contributed by atoms with E-state index in [4.69, 9.17) is 4.74 Å². The Morgan fingerprint density at radius 1 is 1.18 bits per heavy atom. The second kappa shape index (κ2) is 6.56. The van der Waals surface area contributed by atoms with Gasteiger partial charge in [-0.05, 0) is 31.0 Å². The predicted octanol–water partition coefficient (Wildman–Crippen LogP) is 2.66. The van der Waals surface area contributed by atoms with Gasteiger partial charge >= 0.3 is 6.18 Å². The molecule has 0 spiro atoms. The molecule has 0 saturated carbocycles. The third-order valence-electron chi connectivity index (χ3n) is 4.55. The van der Waals surface area contributed by atoms with E-state index in [2.05, 4.69) is 10.2 Å². The SMILES string of the molecule is FC(F)(F)c1ccccc1CN([C@@H]1CCNC1)[C@@H]1CCOC1. The van der Waals surface area contributed by atoms with Gasteiger partial charge in [0.15, 0.2) is 0 Å². The number of hydrogen-bond donors (Lipinski definition) is 1. The van der Waals surface area contributed by atoms with Crippen molar-refractivity contribution in [2.24, 2.45) is 0 Å². The summed E-state index contributed by atoms with van der Waals surface area (Å²) < 4.78 is 45.0. The van der Waals surface area contributed by atoms with Crippen LogP contribution in [0.1, 0.15) is 24.0 Å². The summed E-state index contributed by atoms with van der Waals surface area (Å²) in [6.07, 6.45) is -2.43. The third-order valence-corrected chi connectivity index (χ3v) is 4.55. The van der Waals surface area contributed by atoms with Crippen molar-refractivity contribution in [2.45, 2.75) is 37.6 Å². The maximum atomic E-state index is 13.2. The molecule has 122 valence electrons. The highest BCUT2D eigenvalue weighted by molar-refractivity contribution is 5.29. The Balaban J connectivity index is 1.84. The number of halogens is 3. The molecular formula is C16H21F3N2O. The van der Waals surface area contributed by atoms with Gasteiger partial charge in [-0.25, -0.2) is 0 Å². The largest absolute Gasteiger partial charge is 0.416 e. The molecule has 2 atom stereocenters. The van der Waals surface area contributed by atoms with Crippen LogP contribution in [0.4, 0.5) is 13.2 Å². The smallest absolute Gasteiger partial charge is 0.380 e. The summed E-state index contributed by atoms with van der Waals surface area (Å²) in [5, 5.41) is 3.30. The lowest BCUT2D eigenvalue weighted by Crippen LogP contribution is -2.44. The summed E-state index contributed by atoms with van der Waals surface area (Å²) in [7, 11) is 0. The summed E-state index contributed by atoms with van der Waals surface area (Å²) in [5.41, 5.74) is -0.168. The number of nitrogens with one attached hydrogen (secondary N) is 1. The molecule has 0 aromatic heterocycles. The van der Waals surface area contributed by atoms with Gasteiger partial charge in [-0.15, -0.1) is 0 Å². The molecule has 1 N–H and O–H groups in total. The molecule has 2 saturated heterocycles. The number of ether oxygens (including phenoxy) is 1. The first-order chi connectivity index (χ1) is 10.6. The average Bonchev–Trinajstić information content (AvgIpc) is 3.18. The lowest BCUT2D eigenvalue weighted by Gasteiger charge is -2.34. The maximum absolute atomic E-state index is 13.2. The molecule has 0 bridgehead atoms. The van der Waals surface area contributed by atoms with Gasteiger partial charge in [0.05, 0.1) is 12.2 Å².